The third kappa shape index (κ3) is 4.34. The van der Waals surface area contributed by atoms with Gasteiger partial charge in [0.1, 0.15) is 0 Å². The molecule has 0 aliphatic rings. The van der Waals surface area contributed by atoms with E-state index < -0.39 is 0 Å². The minimum atomic E-state index is -0.264. The van der Waals surface area contributed by atoms with Gasteiger partial charge in [0.05, 0.1) is 0 Å². The first kappa shape index (κ1) is 15.6. The molecule has 1 aromatic heterocycles. The fraction of sp³-hybridized carbons (Fsp3) is 0.333. The molecule has 0 aliphatic carbocycles. The molecule has 0 atom stereocenters. The first-order valence-corrected chi connectivity index (χ1v) is 7.89. The van der Waals surface area contributed by atoms with Crippen molar-refractivity contribution in [3.05, 3.63) is 63.4 Å². The summed E-state index contributed by atoms with van der Waals surface area (Å²) in [7, 11) is 0. The summed E-state index contributed by atoms with van der Waals surface area (Å²) in [4.78, 5) is 25.1. The number of rotatable bonds is 7. The molecule has 21 heavy (non-hydrogen) atoms. The van der Waals surface area contributed by atoms with Gasteiger partial charge >= 0.3 is 5.69 Å². The fourth-order valence-electron chi connectivity index (χ4n) is 1.96. The molecule has 2 N–H and O–H groups in total. The molecule has 1 heterocycles. The Balaban J connectivity index is 2.03. The number of nitrogens with two attached hydrogens (primary N) is 1. The normalized spacial score (nSPS) is 10.7. The summed E-state index contributed by atoms with van der Waals surface area (Å²) >= 11 is 1.68. The first-order valence-electron chi connectivity index (χ1n) is 6.90. The highest BCUT2D eigenvalue weighted by Crippen LogP contribution is 2.16. The van der Waals surface area contributed by atoms with Gasteiger partial charge in [-0.3, -0.25) is 13.9 Å². The van der Waals surface area contributed by atoms with Crippen LogP contribution in [0.5, 0.6) is 0 Å². The monoisotopic (exact) mass is 305 g/mol. The molecule has 2 aromatic rings. The molecule has 0 unspecified atom stereocenters. The van der Waals surface area contributed by atoms with E-state index >= 15 is 0 Å². The topological polar surface area (TPSA) is 70.0 Å². The molecule has 0 bridgehead atoms. The lowest BCUT2D eigenvalue weighted by molar-refractivity contribution is 0.550. The van der Waals surface area contributed by atoms with Crippen molar-refractivity contribution in [3.8, 4) is 0 Å². The zero-order valence-corrected chi connectivity index (χ0v) is 12.6. The van der Waals surface area contributed by atoms with Gasteiger partial charge in [0.15, 0.2) is 0 Å². The molecule has 0 radical (unpaired) electrons. The molecule has 0 saturated heterocycles. The predicted octanol–water partition coefficient (Wildman–Crippen LogP) is 1.15. The van der Waals surface area contributed by atoms with Crippen LogP contribution in [0.15, 0.2) is 57.1 Å². The van der Waals surface area contributed by atoms with Crippen molar-refractivity contribution in [2.24, 2.45) is 5.73 Å². The van der Waals surface area contributed by atoms with Gasteiger partial charge in [-0.25, -0.2) is 4.79 Å². The van der Waals surface area contributed by atoms with Gasteiger partial charge in [-0.2, -0.15) is 0 Å². The van der Waals surface area contributed by atoms with Gasteiger partial charge in [-0.05, 0) is 25.1 Å². The zero-order chi connectivity index (χ0) is 15.1. The van der Waals surface area contributed by atoms with Gasteiger partial charge in [-0.1, -0.05) is 18.2 Å². The number of benzene rings is 1. The number of thioether (sulfide) groups is 1. The highest BCUT2D eigenvalue weighted by atomic mass is 32.2. The molecule has 5 nitrogen and oxygen atoms in total. The van der Waals surface area contributed by atoms with Crippen molar-refractivity contribution in [3.63, 3.8) is 0 Å². The average molecular weight is 305 g/mol. The van der Waals surface area contributed by atoms with Crippen LogP contribution in [0.2, 0.25) is 0 Å². The largest absolute Gasteiger partial charge is 0.330 e. The molecule has 2 rings (SSSR count). The van der Waals surface area contributed by atoms with E-state index in [0.29, 0.717) is 26.1 Å². The van der Waals surface area contributed by atoms with Gasteiger partial charge in [0.2, 0.25) is 0 Å². The highest BCUT2D eigenvalue weighted by molar-refractivity contribution is 7.99. The third-order valence-electron chi connectivity index (χ3n) is 3.07. The molecule has 0 amide bonds. The molecular formula is C15H19N3O2S. The SMILES string of the molecule is NCCCn1c(=O)ccn(CCSc2ccccc2)c1=O. The second kappa shape index (κ2) is 7.85. The summed E-state index contributed by atoms with van der Waals surface area (Å²) < 4.78 is 2.83. The van der Waals surface area contributed by atoms with E-state index in [1.165, 1.54) is 15.5 Å². The third-order valence-corrected chi connectivity index (χ3v) is 4.06. The van der Waals surface area contributed by atoms with Crippen LogP contribution in [-0.4, -0.2) is 21.4 Å². The van der Waals surface area contributed by atoms with Crippen molar-refractivity contribution in [1.29, 1.82) is 0 Å². The van der Waals surface area contributed by atoms with Crippen LogP contribution < -0.4 is 17.0 Å². The Kier molecular flexibility index (Phi) is 5.83. The predicted molar refractivity (Wildman–Crippen MR) is 85.8 cm³/mol. The molecule has 0 saturated carbocycles. The average Bonchev–Trinajstić information content (AvgIpc) is 2.50. The van der Waals surface area contributed by atoms with Crippen LogP contribution in [-0.2, 0) is 13.1 Å². The lowest BCUT2D eigenvalue weighted by Gasteiger charge is -2.09. The van der Waals surface area contributed by atoms with E-state index in [0.717, 1.165) is 5.75 Å². The Morgan fingerprint density at radius 3 is 2.52 bits per heavy atom. The van der Waals surface area contributed by atoms with E-state index in [4.69, 9.17) is 5.73 Å². The molecule has 0 spiro atoms. The molecule has 112 valence electrons. The van der Waals surface area contributed by atoms with Gasteiger partial charge in [0.25, 0.3) is 5.56 Å². The smallest absolute Gasteiger partial charge is 0.330 e. The van der Waals surface area contributed by atoms with E-state index in [9.17, 15) is 9.59 Å². The van der Waals surface area contributed by atoms with Crippen LogP contribution in [0.1, 0.15) is 6.42 Å². The van der Waals surface area contributed by atoms with E-state index in [2.05, 4.69) is 0 Å². The second-order valence-corrected chi connectivity index (χ2v) is 5.75. The number of hydrogen-bond acceptors (Lipinski definition) is 4. The number of aromatic nitrogens is 2. The lowest BCUT2D eigenvalue weighted by atomic mass is 10.4. The van der Waals surface area contributed by atoms with Crippen molar-refractivity contribution in [2.75, 3.05) is 12.3 Å². The minimum Gasteiger partial charge on any atom is -0.330 e. The maximum atomic E-state index is 12.2. The molecule has 0 fully saturated rings. The van der Waals surface area contributed by atoms with E-state index in [-0.39, 0.29) is 11.2 Å². The van der Waals surface area contributed by atoms with Gasteiger partial charge in [-0.15, -0.1) is 11.8 Å². The summed E-state index contributed by atoms with van der Waals surface area (Å²) in [5, 5.41) is 0. The van der Waals surface area contributed by atoms with E-state index in [1.54, 1.807) is 22.5 Å². The van der Waals surface area contributed by atoms with Gasteiger partial charge in [0, 0.05) is 36.0 Å². The molecular weight excluding hydrogens is 286 g/mol. The number of hydrogen-bond donors (Lipinski definition) is 1. The minimum absolute atomic E-state index is 0.260. The molecule has 1 aromatic carbocycles. The van der Waals surface area contributed by atoms with E-state index in [1.807, 2.05) is 30.3 Å². The van der Waals surface area contributed by atoms with Gasteiger partial charge < -0.3 is 5.73 Å². The van der Waals surface area contributed by atoms with Crippen LogP contribution in [0, 0.1) is 0 Å². The summed E-state index contributed by atoms with van der Waals surface area (Å²) in [6.45, 7) is 1.41. The Hall–Kier alpha value is -1.79. The first-order chi connectivity index (χ1) is 10.2. The summed E-state index contributed by atoms with van der Waals surface area (Å²) in [6.07, 6.45) is 2.19. The lowest BCUT2D eigenvalue weighted by Crippen LogP contribution is -2.39. The Bertz CT molecular complexity index is 679. The maximum Gasteiger partial charge on any atom is 0.330 e. The quantitative estimate of drug-likeness (QED) is 0.779. The molecule has 0 aliphatic heterocycles. The van der Waals surface area contributed by atoms with Crippen LogP contribution in [0.4, 0.5) is 0 Å². The van der Waals surface area contributed by atoms with Crippen LogP contribution >= 0.6 is 11.8 Å². The number of nitrogens with zero attached hydrogens (tertiary/aromatic N) is 2. The highest BCUT2D eigenvalue weighted by Gasteiger charge is 2.04. The van der Waals surface area contributed by atoms with Crippen molar-refractivity contribution in [2.45, 2.75) is 24.4 Å². The number of aryl methyl sites for hydroxylation is 1. The van der Waals surface area contributed by atoms with Crippen molar-refractivity contribution in [1.82, 2.24) is 9.13 Å². The van der Waals surface area contributed by atoms with Crippen LogP contribution in [0.3, 0.4) is 0 Å². The summed E-state index contributed by atoms with van der Waals surface area (Å²) in [5.41, 5.74) is 4.91. The Morgan fingerprint density at radius 1 is 1.05 bits per heavy atom. The van der Waals surface area contributed by atoms with Crippen molar-refractivity contribution < 1.29 is 0 Å². The standard InChI is InChI=1S/C15H19N3O2S/c16-8-4-9-18-14(19)7-10-17(15(18)20)11-12-21-13-5-2-1-3-6-13/h1-3,5-7,10H,4,8-9,11-12,16H2. The van der Waals surface area contributed by atoms with Crippen molar-refractivity contribution >= 4 is 11.8 Å². The maximum absolute atomic E-state index is 12.2. The summed E-state index contributed by atoms with van der Waals surface area (Å²) in [5.74, 6) is 0.777. The Morgan fingerprint density at radius 2 is 1.81 bits per heavy atom. The fourth-order valence-corrected chi connectivity index (χ4v) is 2.83. The second-order valence-electron chi connectivity index (χ2n) is 4.59. The van der Waals surface area contributed by atoms with Crippen LogP contribution in [0.25, 0.3) is 0 Å². The molecule has 6 heteroatoms. The summed E-state index contributed by atoms with van der Waals surface area (Å²) in [6, 6.07) is 11.5. The zero-order valence-electron chi connectivity index (χ0n) is 11.8. The Labute approximate surface area is 127 Å².